The minimum absolute atomic E-state index is 0.0485. The molecule has 1 aliphatic carbocycles. The van der Waals surface area contributed by atoms with Gasteiger partial charge >= 0.3 is 0 Å². The maximum absolute atomic E-state index is 13.1. The smallest absolute Gasteiger partial charge is 0.258 e. The average molecular weight is 340 g/mol. The van der Waals surface area contributed by atoms with Gasteiger partial charge in [-0.3, -0.25) is 9.48 Å². The fraction of sp³-hybridized carbons (Fsp3) is 0.368. The van der Waals surface area contributed by atoms with Crippen LogP contribution in [0.15, 0.2) is 42.2 Å². The number of amides is 1. The number of nitrogens with two attached hydrogens (primary N) is 1. The SMILES string of the molecule is NCC(=CF)Cn1nc2c(c1-c1ccccc1)C(=O)N(C1CC1)CC2. The molecular weight excluding hydrogens is 319 g/mol. The molecule has 2 heterocycles. The molecule has 1 saturated carbocycles. The molecular formula is C19H21FN4O. The number of hydrogen-bond acceptors (Lipinski definition) is 3. The van der Waals surface area contributed by atoms with E-state index in [1.54, 1.807) is 4.68 Å². The number of rotatable bonds is 5. The molecule has 0 atom stereocenters. The van der Waals surface area contributed by atoms with E-state index in [9.17, 15) is 9.18 Å². The molecule has 2 N–H and O–H groups in total. The molecule has 5 nitrogen and oxygen atoms in total. The number of carbonyl (C=O) groups is 1. The van der Waals surface area contributed by atoms with Gasteiger partial charge in [0.25, 0.3) is 5.91 Å². The van der Waals surface area contributed by atoms with Crippen molar-refractivity contribution >= 4 is 5.91 Å². The van der Waals surface area contributed by atoms with Crippen molar-refractivity contribution in [3.05, 3.63) is 53.5 Å². The van der Waals surface area contributed by atoms with Crippen molar-refractivity contribution in [1.82, 2.24) is 14.7 Å². The normalized spacial score (nSPS) is 17.8. The quantitative estimate of drug-likeness (QED) is 0.910. The van der Waals surface area contributed by atoms with Crippen molar-refractivity contribution in [3.8, 4) is 11.3 Å². The fourth-order valence-corrected chi connectivity index (χ4v) is 3.46. The van der Waals surface area contributed by atoms with E-state index in [1.807, 2.05) is 35.2 Å². The summed E-state index contributed by atoms with van der Waals surface area (Å²) < 4.78 is 14.8. The van der Waals surface area contributed by atoms with Crippen LogP contribution in [0.2, 0.25) is 0 Å². The van der Waals surface area contributed by atoms with Crippen LogP contribution in [0.25, 0.3) is 11.3 Å². The molecule has 2 aliphatic rings. The summed E-state index contributed by atoms with van der Waals surface area (Å²) in [6.45, 7) is 1.09. The van der Waals surface area contributed by atoms with E-state index in [-0.39, 0.29) is 19.0 Å². The maximum Gasteiger partial charge on any atom is 0.258 e. The number of benzene rings is 1. The lowest BCUT2D eigenvalue weighted by Gasteiger charge is -2.26. The van der Waals surface area contributed by atoms with Gasteiger partial charge in [0, 0.05) is 31.1 Å². The van der Waals surface area contributed by atoms with Crippen LogP contribution in [0.1, 0.15) is 28.9 Å². The summed E-state index contributed by atoms with van der Waals surface area (Å²) in [6.07, 6.45) is 3.44. The predicted molar refractivity (Wildman–Crippen MR) is 93.7 cm³/mol. The van der Waals surface area contributed by atoms with Crippen molar-refractivity contribution < 1.29 is 9.18 Å². The summed E-state index contributed by atoms with van der Waals surface area (Å²) in [7, 11) is 0. The highest BCUT2D eigenvalue weighted by Crippen LogP contribution is 2.36. The van der Waals surface area contributed by atoms with E-state index in [0.717, 1.165) is 36.2 Å². The lowest BCUT2D eigenvalue weighted by molar-refractivity contribution is 0.0727. The Labute approximate surface area is 145 Å². The summed E-state index contributed by atoms with van der Waals surface area (Å²) >= 11 is 0. The molecule has 0 saturated heterocycles. The Kier molecular flexibility index (Phi) is 4.13. The molecule has 1 aromatic heterocycles. The first kappa shape index (κ1) is 16.0. The molecule has 6 heteroatoms. The van der Waals surface area contributed by atoms with Gasteiger partial charge < -0.3 is 10.6 Å². The van der Waals surface area contributed by atoms with Gasteiger partial charge in [-0.25, -0.2) is 4.39 Å². The Balaban J connectivity index is 1.83. The largest absolute Gasteiger partial charge is 0.335 e. The topological polar surface area (TPSA) is 64.2 Å². The van der Waals surface area contributed by atoms with Crippen LogP contribution >= 0.6 is 0 Å². The Morgan fingerprint density at radius 1 is 1.32 bits per heavy atom. The van der Waals surface area contributed by atoms with Gasteiger partial charge in [-0.15, -0.1) is 0 Å². The first-order chi connectivity index (χ1) is 12.2. The maximum atomic E-state index is 13.1. The first-order valence-corrected chi connectivity index (χ1v) is 8.67. The van der Waals surface area contributed by atoms with Gasteiger partial charge in [-0.2, -0.15) is 5.10 Å². The summed E-state index contributed by atoms with van der Waals surface area (Å²) in [4.78, 5) is 15.1. The van der Waals surface area contributed by atoms with Crippen LogP contribution in [0, 0.1) is 0 Å². The lowest BCUT2D eigenvalue weighted by atomic mass is 10.00. The third kappa shape index (κ3) is 2.87. The molecule has 130 valence electrons. The molecule has 1 aromatic carbocycles. The number of carbonyl (C=O) groups excluding carboxylic acids is 1. The number of fused-ring (bicyclic) bond motifs is 1. The van der Waals surface area contributed by atoms with Crippen molar-refractivity contribution in [2.75, 3.05) is 13.1 Å². The van der Waals surface area contributed by atoms with Crippen LogP contribution in [0.3, 0.4) is 0 Å². The molecule has 1 aliphatic heterocycles. The van der Waals surface area contributed by atoms with Crippen LogP contribution in [0.5, 0.6) is 0 Å². The standard InChI is InChI=1S/C19H21FN4O/c20-10-13(11-21)12-24-18(14-4-2-1-3-5-14)17-16(22-24)8-9-23(19(17)25)15-6-7-15/h1-5,10,15H,6-9,11-12,21H2. The average Bonchev–Trinajstić information content (AvgIpc) is 3.41. The summed E-state index contributed by atoms with van der Waals surface area (Å²) in [6, 6.07) is 10.1. The Morgan fingerprint density at radius 2 is 2.08 bits per heavy atom. The first-order valence-electron chi connectivity index (χ1n) is 8.67. The van der Waals surface area contributed by atoms with Crippen LogP contribution in [-0.4, -0.2) is 39.7 Å². The summed E-state index contributed by atoms with van der Waals surface area (Å²) in [5.41, 5.74) is 9.21. The highest BCUT2D eigenvalue weighted by molar-refractivity contribution is 6.02. The second-order valence-corrected chi connectivity index (χ2v) is 6.65. The number of aromatic nitrogens is 2. The Hall–Kier alpha value is -2.47. The molecule has 25 heavy (non-hydrogen) atoms. The minimum Gasteiger partial charge on any atom is -0.335 e. The highest BCUT2D eigenvalue weighted by atomic mass is 19.1. The summed E-state index contributed by atoms with van der Waals surface area (Å²) in [5, 5.41) is 4.63. The number of halogens is 1. The molecule has 0 unspecified atom stereocenters. The van der Waals surface area contributed by atoms with E-state index < -0.39 is 0 Å². The minimum atomic E-state index is 0.0485. The fourth-order valence-electron chi connectivity index (χ4n) is 3.46. The Bertz CT molecular complexity index is 823. The van der Waals surface area contributed by atoms with Gasteiger partial charge in [-0.05, 0) is 18.4 Å². The van der Waals surface area contributed by atoms with E-state index in [0.29, 0.717) is 30.1 Å². The van der Waals surface area contributed by atoms with E-state index in [1.165, 1.54) is 0 Å². The van der Waals surface area contributed by atoms with Gasteiger partial charge in [0.15, 0.2) is 0 Å². The molecule has 1 amide bonds. The van der Waals surface area contributed by atoms with Gasteiger partial charge in [0.1, 0.15) is 0 Å². The third-order valence-corrected chi connectivity index (χ3v) is 4.89. The molecule has 4 rings (SSSR count). The van der Waals surface area contributed by atoms with Crippen molar-refractivity contribution in [2.24, 2.45) is 5.73 Å². The second-order valence-electron chi connectivity index (χ2n) is 6.65. The van der Waals surface area contributed by atoms with Crippen molar-refractivity contribution in [2.45, 2.75) is 31.8 Å². The number of hydrogen-bond donors (Lipinski definition) is 1. The van der Waals surface area contributed by atoms with Crippen LogP contribution in [0.4, 0.5) is 4.39 Å². The second kappa shape index (κ2) is 6.44. The van der Waals surface area contributed by atoms with Gasteiger partial charge in [0.05, 0.1) is 29.8 Å². The molecule has 1 fully saturated rings. The zero-order valence-electron chi connectivity index (χ0n) is 14.0. The van der Waals surface area contributed by atoms with E-state index in [2.05, 4.69) is 5.10 Å². The van der Waals surface area contributed by atoms with Crippen LogP contribution in [-0.2, 0) is 13.0 Å². The summed E-state index contributed by atoms with van der Waals surface area (Å²) in [5.74, 6) is 0.0485. The predicted octanol–water partition coefficient (Wildman–Crippen LogP) is 2.52. The number of nitrogens with zero attached hydrogens (tertiary/aromatic N) is 3. The zero-order valence-corrected chi connectivity index (χ0v) is 14.0. The van der Waals surface area contributed by atoms with Crippen molar-refractivity contribution in [1.29, 1.82) is 0 Å². The van der Waals surface area contributed by atoms with Crippen LogP contribution < -0.4 is 5.73 Å². The molecule has 2 aromatic rings. The van der Waals surface area contributed by atoms with E-state index in [4.69, 9.17) is 5.73 Å². The van der Waals surface area contributed by atoms with Gasteiger partial charge in [0.2, 0.25) is 0 Å². The lowest BCUT2D eigenvalue weighted by Crippen LogP contribution is -2.39. The molecule has 0 radical (unpaired) electrons. The highest BCUT2D eigenvalue weighted by Gasteiger charge is 2.39. The zero-order chi connectivity index (χ0) is 17.4. The van der Waals surface area contributed by atoms with E-state index >= 15 is 0 Å². The molecule has 0 bridgehead atoms. The van der Waals surface area contributed by atoms with Gasteiger partial charge in [-0.1, -0.05) is 30.3 Å². The monoisotopic (exact) mass is 340 g/mol. The van der Waals surface area contributed by atoms with Crippen molar-refractivity contribution in [3.63, 3.8) is 0 Å². The Morgan fingerprint density at radius 3 is 2.72 bits per heavy atom. The molecule has 0 spiro atoms. The third-order valence-electron chi connectivity index (χ3n) is 4.89.